The molecule has 0 saturated carbocycles. The maximum Gasteiger partial charge on any atom is 0.222 e. The third-order valence-electron chi connectivity index (χ3n) is 6.19. The molecule has 0 aromatic heterocycles. The molecule has 31 heavy (non-hydrogen) atoms. The molecule has 2 saturated heterocycles. The number of hydrogen-bond acceptors (Lipinski definition) is 3. The molecule has 4 rings (SSSR count). The molecule has 7 heteroatoms. The van der Waals surface area contributed by atoms with Crippen molar-refractivity contribution in [2.45, 2.75) is 43.6 Å². The number of halogens is 2. The predicted molar refractivity (Wildman–Crippen MR) is 112 cm³/mol. The van der Waals surface area contributed by atoms with Crippen molar-refractivity contribution in [1.29, 1.82) is 0 Å². The Bertz CT molecular complexity index is 967. The Morgan fingerprint density at radius 3 is 2.81 bits per heavy atom. The van der Waals surface area contributed by atoms with Crippen molar-refractivity contribution < 1.29 is 23.1 Å². The van der Waals surface area contributed by atoms with Gasteiger partial charge in [0.1, 0.15) is 5.82 Å². The number of carbonyl (C=O) groups is 2. The summed E-state index contributed by atoms with van der Waals surface area (Å²) in [5.41, 5.74) is 0.225. The van der Waals surface area contributed by atoms with Gasteiger partial charge in [0.2, 0.25) is 11.8 Å². The molecule has 0 unspecified atom stereocenters. The van der Waals surface area contributed by atoms with Gasteiger partial charge in [-0.15, -0.1) is 0 Å². The molecule has 0 bridgehead atoms. The molecule has 2 heterocycles. The topological polar surface area (TPSA) is 58.6 Å². The highest BCUT2D eigenvalue weighted by Gasteiger charge is 2.50. The van der Waals surface area contributed by atoms with Gasteiger partial charge in [0, 0.05) is 31.8 Å². The maximum absolute atomic E-state index is 13.9. The minimum Gasteiger partial charge on any atom is -0.491 e. The summed E-state index contributed by atoms with van der Waals surface area (Å²) >= 11 is 0. The van der Waals surface area contributed by atoms with Crippen LogP contribution in [-0.4, -0.2) is 41.9 Å². The second-order valence-corrected chi connectivity index (χ2v) is 8.32. The first-order valence-electron chi connectivity index (χ1n) is 10.7. The van der Waals surface area contributed by atoms with Gasteiger partial charge >= 0.3 is 0 Å². The molecule has 2 aliphatic rings. The van der Waals surface area contributed by atoms with E-state index in [4.69, 9.17) is 4.74 Å². The average Bonchev–Trinajstić information content (AvgIpc) is 3.10. The van der Waals surface area contributed by atoms with Crippen LogP contribution in [0.1, 0.15) is 43.6 Å². The monoisotopic (exact) mass is 428 g/mol. The average molecular weight is 428 g/mol. The Kier molecular flexibility index (Phi) is 6.20. The first kappa shape index (κ1) is 21.3. The minimum absolute atomic E-state index is 0.0276. The van der Waals surface area contributed by atoms with E-state index in [1.165, 1.54) is 18.2 Å². The number of likely N-dealkylation sites (tertiary alicyclic amines) is 1. The van der Waals surface area contributed by atoms with Crippen LogP contribution in [0.4, 0.5) is 8.78 Å². The molecule has 2 fully saturated rings. The lowest BCUT2D eigenvalue weighted by molar-refractivity contribution is -0.131. The van der Waals surface area contributed by atoms with Gasteiger partial charge in [0.15, 0.2) is 11.6 Å². The molecule has 2 aromatic rings. The summed E-state index contributed by atoms with van der Waals surface area (Å²) in [6.07, 6.45) is 2.68. The van der Waals surface area contributed by atoms with Crippen molar-refractivity contribution in [1.82, 2.24) is 10.2 Å². The van der Waals surface area contributed by atoms with Gasteiger partial charge < -0.3 is 15.0 Å². The van der Waals surface area contributed by atoms with Crippen LogP contribution < -0.4 is 10.1 Å². The number of nitrogens with one attached hydrogen (secondary N) is 1. The van der Waals surface area contributed by atoms with Gasteiger partial charge in [0.25, 0.3) is 0 Å². The molecular weight excluding hydrogens is 402 g/mol. The Balaban J connectivity index is 1.41. The van der Waals surface area contributed by atoms with Gasteiger partial charge in [-0.05, 0) is 49.1 Å². The standard InChI is InChI=1S/C24H26F2N2O3/c25-18-7-3-6-17(14-18)19-15-28(16-24(19)12-4-10-22(29)27-24)23(30)11-5-13-31-21-9-2-1-8-20(21)26/h1-3,6-9,14,19H,4-5,10-13,15-16H2,(H,27,29)/t19-,24+/m0/s1. The fraction of sp³-hybridized carbons (Fsp3) is 0.417. The summed E-state index contributed by atoms with van der Waals surface area (Å²) < 4.78 is 32.9. The molecule has 0 radical (unpaired) electrons. The zero-order chi connectivity index (χ0) is 21.8. The van der Waals surface area contributed by atoms with Gasteiger partial charge in [-0.2, -0.15) is 0 Å². The zero-order valence-corrected chi connectivity index (χ0v) is 17.3. The number of amides is 2. The number of hydrogen-bond donors (Lipinski definition) is 1. The molecule has 2 amide bonds. The lowest BCUT2D eigenvalue weighted by Gasteiger charge is -2.39. The normalized spacial score (nSPS) is 23.1. The van der Waals surface area contributed by atoms with E-state index in [2.05, 4.69) is 5.32 Å². The second-order valence-electron chi connectivity index (χ2n) is 8.32. The molecule has 0 aliphatic carbocycles. The summed E-state index contributed by atoms with van der Waals surface area (Å²) in [5, 5.41) is 3.12. The third-order valence-corrected chi connectivity index (χ3v) is 6.19. The number of rotatable bonds is 6. The van der Waals surface area contributed by atoms with Crippen molar-refractivity contribution in [2.24, 2.45) is 0 Å². The van der Waals surface area contributed by atoms with E-state index in [0.29, 0.717) is 25.9 Å². The SMILES string of the molecule is O=C1CCC[C@]2(CN(C(=O)CCCOc3ccccc3F)C[C@H]2c2cccc(F)c2)N1. The van der Waals surface area contributed by atoms with E-state index in [-0.39, 0.29) is 42.3 Å². The number of piperidine rings is 1. The zero-order valence-electron chi connectivity index (χ0n) is 17.3. The number of ether oxygens (including phenoxy) is 1. The van der Waals surface area contributed by atoms with Crippen LogP contribution in [0.25, 0.3) is 0 Å². The van der Waals surface area contributed by atoms with Crippen molar-refractivity contribution in [2.75, 3.05) is 19.7 Å². The predicted octanol–water partition coefficient (Wildman–Crippen LogP) is 3.79. The Hall–Kier alpha value is -2.96. The lowest BCUT2D eigenvalue weighted by atomic mass is 9.76. The van der Waals surface area contributed by atoms with Gasteiger partial charge in [-0.25, -0.2) is 8.78 Å². The van der Waals surface area contributed by atoms with E-state index in [1.54, 1.807) is 29.2 Å². The molecule has 2 aliphatic heterocycles. The molecule has 2 atom stereocenters. The minimum atomic E-state index is -0.567. The van der Waals surface area contributed by atoms with E-state index in [0.717, 1.165) is 18.4 Å². The number of carbonyl (C=O) groups excluding carboxylic acids is 2. The molecule has 1 spiro atoms. The molecule has 2 aromatic carbocycles. The highest BCUT2D eigenvalue weighted by molar-refractivity contribution is 5.80. The fourth-order valence-electron chi connectivity index (χ4n) is 4.72. The van der Waals surface area contributed by atoms with Crippen LogP contribution in [-0.2, 0) is 9.59 Å². The Morgan fingerprint density at radius 1 is 1.19 bits per heavy atom. The number of nitrogens with zero attached hydrogens (tertiary/aromatic N) is 1. The summed E-state index contributed by atoms with van der Waals surface area (Å²) in [6.45, 7) is 1.07. The van der Waals surface area contributed by atoms with Crippen molar-refractivity contribution in [3.8, 4) is 5.75 Å². The number of para-hydroxylation sites is 1. The summed E-state index contributed by atoms with van der Waals surface area (Å²) in [6, 6.07) is 12.6. The van der Waals surface area contributed by atoms with E-state index in [9.17, 15) is 18.4 Å². The molecule has 164 valence electrons. The van der Waals surface area contributed by atoms with E-state index in [1.807, 2.05) is 6.07 Å². The van der Waals surface area contributed by atoms with Crippen molar-refractivity contribution in [3.05, 3.63) is 65.7 Å². The Morgan fingerprint density at radius 2 is 2.03 bits per heavy atom. The smallest absolute Gasteiger partial charge is 0.222 e. The molecule has 1 N–H and O–H groups in total. The summed E-state index contributed by atoms with van der Waals surface area (Å²) in [4.78, 5) is 26.8. The van der Waals surface area contributed by atoms with E-state index < -0.39 is 11.4 Å². The van der Waals surface area contributed by atoms with Crippen LogP contribution in [0, 0.1) is 11.6 Å². The van der Waals surface area contributed by atoms with Gasteiger partial charge in [-0.1, -0.05) is 24.3 Å². The van der Waals surface area contributed by atoms with Crippen LogP contribution in [0.5, 0.6) is 5.75 Å². The van der Waals surface area contributed by atoms with Crippen LogP contribution >= 0.6 is 0 Å². The first-order valence-corrected chi connectivity index (χ1v) is 10.7. The quantitative estimate of drug-likeness (QED) is 0.713. The highest BCUT2D eigenvalue weighted by Crippen LogP contribution is 2.41. The van der Waals surface area contributed by atoms with Crippen LogP contribution in [0.3, 0.4) is 0 Å². The lowest BCUT2D eigenvalue weighted by Crippen LogP contribution is -2.56. The Labute approximate surface area is 180 Å². The van der Waals surface area contributed by atoms with Gasteiger partial charge in [-0.3, -0.25) is 9.59 Å². The van der Waals surface area contributed by atoms with Crippen molar-refractivity contribution in [3.63, 3.8) is 0 Å². The first-order chi connectivity index (χ1) is 15.0. The summed E-state index contributed by atoms with van der Waals surface area (Å²) in [7, 11) is 0. The third kappa shape index (κ3) is 4.70. The van der Waals surface area contributed by atoms with Crippen LogP contribution in [0.15, 0.2) is 48.5 Å². The maximum atomic E-state index is 13.9. The molecule has 5 nitrogen and oxygen atoms in total. The largest absolute Gasteiger partial charge is 0.491 e. The summed E-state index contributed by atoms with van der Waals surface area (Å²) in [5.74, 6) is -0.821. The number of benzene rings is 2. The second kappa shape index (κ2) is 9.04. The highest BCUT2D eigenvalue weighted by atomic mass is 19.1. The van der Waals surface area contributed by atoms with Gasteiger partial charge in [0.05, 0.1) is 12.1 Å². The van der Waals surface area contributed by atoms with E-state index >= 15 is 0 Å². The van der Waals surface area contributed by atoms with Crippen molar-refractivity contribution >= 4 is 11.8 Å². The fourth-order valence-corrected chi connectivity index (χ4v) is 4.72. The molecular formula is C24H26F2N2O3. The van der Waals surface area contributed by atoms with Crippen LogP contribution in [0.2, 0.25) is 0 Å².